The molecule has 2 aromatic rings. The zero-order chi connectivity index (χ0) is 15.9. The van der Waals surface area contributed by atoms with Gasteiger partial charge in [-0.1, -0.05) is 79.0 Å². The molecule has 0 atom stereocenters. The molecule has 0 saturated carbocycles. The molecule has 1 N–H and O–H groups in total. The molecular formula is C18H17ClNOS-. The predicted molar refractivity (Wildman–Crippen MR) is 95.6 cm³/mol. The first-order valence-electron chi connectivity index (χ1n) is 7.14. The summed E-state index contributed by atoms with van der Waals surface area (Å²) in [6, 6.07) is 16.3. The Labute approximate surface area is 141 Å². The minimum atomic E-state index is -0.0866. The van der Waals surface area contributed by atoms with E-state index in [1.165, 1.54) is 0 Å². The van der Waals surface area contributed by atoms with Crippen LogP contribution in [0.3, 0.4) is 0 Å². The normalized spacial score (nSPS) is 11.7. The number of hydrogen-bond donors (Lipinski definition) is 1. The van der Waals surface area contributed by atoms with Crippen LogP contribution in [0.4, 0.5) is 0 Å². The molecule has 22 heavy (non-hydrogen) atoms. The molecule has 114 valence electrons. The van der Waals surface area contributed by atoms with Crippen LogP contribution in [0.1, 0.15) is 24.5 Å². The van der Waals surface area contributed by atoms with Gasteiger partial charge in [-0.2, -0.15) is 0 Å². The quantitative estimate of drug-likeness (QED) is 0.391. The lowest BCUT2D eigenvalue weighted by molar-refractivity contribution is -0.242. The summed E-state index contributed by atoms with van der Waals surface area (Å²) in [7, 11) is 0. The topological polar surface area (TPSA) is 35.1 Å². The summed E-state index contributed by atoms with van der Waals surface area (Å²) in [5.74, 6) is -0.0866. The average molecular weight is 331 g/mol. The Bertz CT molecular complexity index is 665. The molecule has 0 saturated heterocycles. The van der Waals surface area contributed by atoms with Crippen molar-refractivity contribution in [3.63, 3.8) is 0 Å². The van der Waals surface area contributed by atoms with E-state index in [2.05, 4.69) is 12.2 Å². The van der Waals surface area contributed by atoms with Crippen molar-refractivity contribution in [3.8, 4) is 0 Å². The van der Waals surface area contributed by atoms with Gasteiger partial charge >= 0.3 is 0 Å². The van der Waals surface area contributed by atoms with E-state index in [9.17, 15) is 5.11 Å². The van der Waals surface area contributed by atoms with Gasteiger partial charge < -0.3 is 10.4 Å². The first kappa shape index (κ1) is 16.5. The van der Waals surface area contributed by atoms with Crippen LogP contribution >= 0.6 is 23.8 Å². The monoisotopic (exact) mass is 330 g/mol. The second-order valence-corrected chi connectivity index (χ2v) is 5.68. The number of benzene rings is 2. The number of thiocarbonyl (C=S) groups is 1. The molecule has 0 bridgehead atoms. The Hall–Kier alpha value is -1.84. The Morgan fingerprint density at radius 2 is 1.68 bits per heavy atom. The Morgan fingerprint density at radius 3 is 2.27 bits per heavy atom. The summed E-state index contributed by atoms with van der Waals surface area (Å²) in [5, 5.41) is 16.6. The minimum Gasteiger partial charge on any atom is -0.872 e. The summed E-state index contributed by atoms with van der Waals surface area (Å²) < 4.78 is 0. The fraction of sp³-hybridized carbons (Fsp3) is 0.167. The Kier molecular flexibility index (Phi) is 5.99. The molecule has 0 amide bonds. The van der Waals surface area contributed by atoms with Gasteiger partial charge in [0.1, 0.15) is 4.99 Å². The molecule has 2 rings (SSSR count). The van der Waals surface area contributed by atoms with Crippen LogP contribution in [0.15, 0.2) is 54.6 Å². The van der Waals surface area contributed by atoms with Crippen molar-refractivity contribution in [1.29, 1.82) is 0 Å². The van der Waals surface area contributed by atoms with E-state index < -0.39 is 0 Å². The maximum absolute atomic E-state index is 12.8. The van der Waals surface area contributed by atoms with E-state index in [0.29, 0.717) is 21.1 Å². The summed E-state index contributed by atoms with van der Waals surface area (Å²) >= 11 is 11.4. The lowest BCUT2D eigenvalue weighted by Crippen LogP contribution is -2.25. The van der Waals surface area contributed by atoms with E-state index in [-0.39, 0.29) is 5.76 Å². The number of hydrogen-bond acceptors (Lipinski definition) is 2. The summed E-state index contributed by atoms with van der Waals surface area (Å²) in [4.78, 5) is 0.470. The molecule has 0 aromatic heterocycles. The molecule has 2 nitrogen and oxygen atoms in total. The summed E-state index contributed by atoms with van der Waals surface area (Å²) in [6.07, 6.45) is 0.938. The van der Waals surface area contributed by atoms with Gasteiger partial charge in [0, 0.05) is 17.1 Å². The van der Waals surface area contributed by atoms with Crippen molar-refractivity contribution in [2.45, 2.75) is 13.3 Å². The van der Waals surface area contributed by atoms with Crippen molar-refractivity contribution in [2.75, 3.05) is 6.54 Å². The van der Waals surface area contributed by atoms with Crippen LogP contribution in [0.5, 0.6) is 0 Å². The van der Waals surface area contributed by atoms with Crippen LogP contribution < -0.4 is 10.4 Å². The summed E-state index contributed by atoms with van der Waals surface area (Å²) in [6.45, 7) is 2.79. The van der Waals surface area contributed by atoms with E-state index in [4.69, 9.17) is 23.8 Å². The molecule has 2 aromatic carbocycles. The number of nitrogens with one attached hydrogen (secondary N) is 1. The maximum Gasteiger partial charge on any atom is 0.106 e. The number of rotatable bonds is 5. The highest BCUT2D eigenvalue weighted by Gasteiger charge is 2.10. The largest absolute Gasteiger partial charge is 0.872 e. The van der Waals surface area contributed by atoms with Crippen LogP contribution in [0.25, 0.3) is 11.3 Å². The third kappa shape index (κ3) is 4.09. The van der Waals surface area contributed by atoms with Gasteiger partial charge in [-0.15, -0.1) is 0 Å². The molecule has 0 radical (unpaired) electrons. The van der Waals surface area contributed by atoms with Gasteiger partial charge in [0.25, 0.3) is 0 Å². The second kappa shape index (κ2) is 7.97. The highest BCUT2D eigenvalue weighted by Crippen LogP contribution is 2.25. The fourth-order valence-electron chi connectivity index (χ4n) is 2.04. The SMILES string of the molecule is CCCNC(=S)/C(=C(\[O-])c1ccccc1)c1ccc(Cl)cc1. The molecule has 0 aliphatic carbocycles. The second-order valence-electron chi connectivity index (χ2n) is 4.83. The van der Waals surface area contributed by atoms with E-state index in [1.807, 2.05) is 30.3 Å². The van der Waals surface area contributed by atoms with Gasteiger partial charge in [-0.3, -0.25) is 0 Å². The first-order chi connectivity index (χ1) is 10.6. The van der Waals surface area contributed by atoms with Gasteiger partial charge in [0.15, 0.2) is 0 Å². The lowest BCUT2D eigenvalue weighted by atomic mass is 10.0. The van der Waals surface area contributed by atoms with E-state index >= 15 is 0 Å². The molecule has 0 spiro atoms. The zero-order valence-electron chi connectivity index (χ0n) is 12.3. The fourth-order valence-corrected chi connectivity index (χ4v) is 2.48. The van der Waals surface area contributed by atoms with Crippen molar-refractivity contribution in [3.05, 3.63) is 70.7 Å². The van der Waals surface area contributed by atoms with Gasteiger partial charge in [-0.05, 0) is 29.7 Å². The van der Waals surface area contributed by atoms with Gasteiger partial charge in [0.2, 0.25) is 0 Å². The zero-order valence-corrected chi connectivity index (χ0v) is 13.9. The van der Waals surface area contributed by atoms with Crippen molar-refractivity contribution < 1.29 is 5.11 Å². The molecule has 0 aliphatic rings. The van der Waals surface area contributed by atoms with Crippen LogP contribution in [-0.4, -0.2) is 11.5 Å². The molecular weight excluding hydrogens is 314 g/mol. The maximum atomic E-state index is 12.8. The molecule has 0 heterocycles. The highest BCUT2D eigenvalue weighted by molar-refractivity contribution is 7.81. The molecule has 0 unspecified atom stereocenters. The number of halogens is 1. The van der Waals surface area contributed by atoms with Crippen LogP contribution in [0, 0.1) is 0 Å². The minimum absolute atomic E-state index is 0.0866. The van der Waals surface area contributed by atoms with Gasteiger partial charge in [0.05, 0.1) is 0 Å². The summed E-state index contributed by atoms with van der Waals surface area (Å²) in [5.41, 5.74) is 1.89. The van der Waals surface area contributed by atoms with Crippen molar-refractivity contribution in [2.24, 2.45) is 0 Å². The lowest BCUT2D eigenvalue weighted by Gasteiger charge is -2.22. The highest BCUT2D eigenvalue weighted by atomic mass is 35.5. The van der Waals surface area contributed by atoms with E-state index in [1.54, 1.807) is 24.3 Å². The first-order valence-corrected chi connectivity index (χ1v) is 7.93. The Balaban J connectivity index is 2.49. The Morgan fingerprint density at radius 1 is 1.05 bits per heavy atom. The third-order valence-electron chi connectivity index (χ3n) is 3.16. The molecule has 4 heteroatoms. The van der Waals surface area contributed by atoms with Gasteiger partial charge in [-0.25, -0.2) is 0 Å². The standard InChI is InChI=1S/C18H18ClNOS/c1-2-12-20-18(22)16(13-8-10-15(19)11-9-13)17(21)14-6-4-3-5-7-14/h3-11,21H,2,12H2,1H3,(H,20,22)/p-1/b17-16-. The smallest absolute Gasteiger partial charge is 0.106 e. The molecule has 0 fully saturated rings. The molecule has 0 aliphatic heterocycles. The third-order valence-corrected chi connectivity index (χ3v) is 3.76. The van der Waals surface area contributed by atoms with Crippen LogP contribution in [-0.2, 0) is 0 Å². The van der Waals surface area contributed by atoms with E-state index in [0.717, 1.165) is 18.5 Å². The van der Waals surface area contributed by atoms with Crippen LogP contribution in [0.2, 0.25) is 5.02 Å². The van der Waals surface area contributed by atoms with Crippen molar-refractivity contribution in [1.82, 2.24) is 5.32 Å². The van der Waals surface area contributed by atoms with Crippen molar-refractivity contribution >= 4 is 40.1 Å². The predicted octanol–water partition coefficient (Wildman–Crippen LogP) is 3.90. The average Bonchev–Trinajstić information content (AvgIpc) is 2.55.